The summed E-state index contributed by atoms with van der Waals surface area (Å²) in [6, 6.07) is 13.4. The van der Waals surface area contributed by atoms with Gasteiger partial charge in [0.25, 0.3) is 0 Å². The number of ether oxygens (including phenoxy) is 1. The largest absolute Gasteiger partial charge is 0.465 e. The third-order valence-electron chi connectivity index (χ3n) is 3.75. The van der Waals surface area contributed by atoms with Gasteiger partial charge in [0.2, 0.25) is 0 Å². The number of hydrogen-bond acceptors (Lipinski definition) is 3. The van der Waals surface area contributed by atoms with Gasteiger partial charge in [-0.1, -0.05) is 18.2 Å². The Hall–Kier alpha value is -3.08. The van der Waals surface area contributed by atoms with Gasteiger partial charge in [0.15, 0.2) is 0 Å². The third kappa shape index (κ3) is 1.87. The van der Waals surface area contributed by atoms with Crippen LogP contribution in [-0.2, 0) is 4.74 Å². The maximum Gasteiger partial charge on any atom is 0.337 e. The molecule has 0 radical (unpaired) electrons. The Balaban J connectivity index is 1.87. The predicted octanol–water partition coefficient (Wildman–Crippen LogP) is 3.50. The standard InChI is InChI=1S/C17H13N3O2/c1-22-17(21)10-6-7-14-15(8-10)20-16(19-14)12-9-18-13-5-3-2-4-11(12)13/h2-9,18H,1H3,(H,19,20). The van der Waals surface area contributed by atoms with Crippen molar-refractivity contribution in [1.82, 2.24) is 15.0 Å². The number of benzene rings is 2. The van der Waals surface area contributed by atoms with Crippen LogP contribution in [0.5, 0.6) is 0 Å². The van der Waals surface area contributed by atoms with Crippen LogP contribution in [0, 0.1) is 0 Å². The Morgan fingerprint density at radius 3 is 2.86 bits per heavy atom. The van der Waals surface area contributed by atoms with E-state index in [-0.39, 0.29) is 5.97 Å². The molecular weight excluding hydrogens is 278 g/mol. The fourth-order valence-corrected chi connectivity index (χ4v) is 2.65. The monoisotopic (exact) mass is 291 g/mol. The quantitative estimate of drug-likeness (QED) is 0.555. The Morgan fingerprint density at radius 2 is 2.00 bits per heavy atom. The number of nitrogens with one attached hydrogen (secondary N) is 2. The smallest absolute Gasteiger partial charge is 0.337 e. The van der Waals surface area contributed by atoms with Crippen LogP contribution in [0.2, 0.25) is 0 Å². The molecule has 0 fully saturated rings. The number of H-pyrrole nitrogens is 2. The molecule has 0 saturated carbocycles. The summed E-state index contributed by atoms with van der Waals surface area (Å²) < 4.78 is 4.74. The van der Waals surface area contributed by atoms with Crippen molar-refractivity contribution >= 4 is 27.9 Å². The maximum atomic E-state index is 11.6. The Kier molecular flexibility index (Phi) is 2.72. The van der Waals surface area contributed by atoms with E-state index in [2.05, 4.69) is 15.0 Å². The maximum absolute atomic E-state index is 11.6. The van der Waals surface area contributed by atoms with Crippen molar-refractivity contribution < 1.29 is 9.53 Å². The number of esters is 1. The first kappa shape index (κ1) is 12.6. The first-order valence-corrected chi connectivity index (χ1v) is 6.91. The lowest BCUT2D eigenvalue weighted by Crippen LogP contribution is -2.00. The highest BCUT2D eigenvalue weighted by Gasteiger charge is 2.12. The average Bonchev–Trinajstić information content (AvgIpc) is 3.16. The van der Waals surface area contributed by atoms with E-state index >= 15 is 0 Å². The van der Waals surface area contributed by atoms with Crippen molar-refractivity contribution in [3.8, 4) is 11.4 Å². The third-order valence-corrected chi connectivity index (χ3v) is 3.75. The Morgan fingerprint density at radius 1 is 1.14 bits per heavy atom. The number of rotatable bonds is 2. The number of methoxy groups -OCH3 is 1. The van der Waals surface area contributed by atoms with Crippen molar-refractivity contribution in [3.63, 3.8) is 0 Å². The van der Waals surface area contributed by atoms with Gasteiger partial charge in [0.1, 0.15) is 5.82 Å². The lowest BCUT2D eigenvalue weighted by Gasteiger charge is -1.97. The highest BCUT2D eigenvalue weighted by molar-refractivity contribution is 5.97. The van der Waals surface area contributed by atoms with Gasteiger partial charge < -0.3 is 14.7 Å². The molecule has 0 unspecified atom stereocenters. The van der Waals surface area contributed by atoms with E-state index in [1.807, 2.05) is 36.5 Å². The molecule has 0 atom stereocenters. The Bertz CT molecular complexity index is 997. The number of aromatic amines is 2. The summed E-state index contributed by atoms with van der Waals surface area (Å²) in [7, 11) is 1.37. The van der Waals surface area contributed by atoms with Gasteiger partial charge in [-0.3, -0.25) is 0 Å². The van der Waals surface area contributed by atoms with Crippen LogP contribution in [-0.4, -0.2) is 28.0 Å². The molecule has 0 saturated heterocycles. The molecule has 0 aliphatic rings. The molecule has 0 bridgehead atoms. The van der Waals surface area contributed by atoms with Gasteiger partial charge in [0, 0.05) is 22.7 Å². The van der Waals surface area contributed by atoms with E-state index in [4.69, 9.17) is 4.74 Å². The van der Waals surface area contributed by atoms with Gasteiger partial charge in [-0.15, -0.1) is 0 Å². The zero-order valence-electron chi connectivity index (χ0n) is 11.9. The molecule has 0 aliphatic carbocycles. The molecule has 4 rings (SSSR count). The molecule has 5 heteroatoms. The normalized spacial score (nSPS) is 11.1. The molecule has 108 valence electrons. The van der Waals surface area contributed by atoms with E-state index in [1.165, 1.54) is 7.11 Å². The van der Waals surface area contributed by atoms with Gasteiger partial charge >= 0.3 is 5.97 Å². The topological polar surface area (TPSA) is 70.8 Å². The molecular formula is C17H13N3O2. The van der Waals surface area contributed by atoms with Crippen LogP contribution < -0.4 is 0 Å². The fourth-order valence-electron chi connectivity index (χ4n) is 2.65. The summed E-state index contributed by atoms with van der Waals surface area (Å²) in [5.74, 6) is 0.416. The zero-order valence-corrected chi connectivity index (χ0v) is 11.9. The molecule has 4 aromatic rings. The molecule has 2 aromatic carbocycles. The van der Waals surface area contributed by atoms with Crippen LogP contribution in [0.25, 0.3) is 33.3 Å². The molecule has 0 amide bonds. The van der Waals surface area contributed by atoms with Gasteiger partial charge in [-0.05, 0) is 24.3 Å². The zero-order chi connectivity index (χ0) is 15.1. The molecule has 2 N–H and O–H groups in total. The van der Waals surface area contributed by atoms with Crippen LogP contribution >= 0.6 is 0 Å². The van der Waals surface area contributed by atoms with E-state index < -0.39 is 0 Å². The van der Waals surface area contributed by atoms with Crippen molar-refractivity contribution in [2.24, 2.45) is 0 Å². The van der Waals surface area contributed by atoms with E-state index in [0.717, 1.165) is 33.3 Å². The second-order valence-electron chi connectivity index (χ2n) is 5.06. The van der Waals surface area contributed by atoms with Gasteiger partial charge in [-0.25, -0.2) is 9.78 Å². The summed E-state index contributed by atoms with van der Waals surface area (Å²) in [6.45, 7) is 0. The number of carbonyl (C=O) groups excluding carboxylic acids is 1. The lowest BCUT2D eigenvalue weighted by atomic mass is 10.2. The lowest BCUT2D eigenvalue weighted by molar-refractivity contribution is 0.0601. The molecule has 0 aliphatic heterocycles. The van der Waals surface area contributed by atoms with Crippen LogP contribution in [0.4, 0.5) is 0 Å². The second kappa shape index (κ2) is 4.73. The molecule has 0 spiro atoms. The van der Waals surface area contributed by atoms with E-state index in [1.54, 1.807) is 12.1 Å². The number of aromatic nitrogens is 3. The summed E-state index contributed by atoms with van der Waals surface area (Å²) in [5.41, 5.74) is 4.19. The summed E-state index contributed by atoms with van der Waals surface area (Å²) in [6.07, 6.45) is 1.93. The minimum Gasteiger partial charge on any atom is -0.465 e. The van der Waals surface area contributed by atoms with Crippen molar-refractivity contribution in [1.29, 1.82) is 0 Å². The van der Waals surface area contributed by atoms with Crippen LogP contribution in [0.15, 0.2) is 48.7 Å². The van der Waals surface area contributed by atoms with Crippen molar-refractivity contribution in [3.05, 3.63) is 54.2 Å². The highest BCUT2D eigenvalue weighted by atomic mass is 16.5. The fraction of sp³-hybridized carbons (Fsp3) is 0.0588. The highest BCUT2D eigenvalue weighted by Crippen LogP contribution is 2.28. The summed E-state index contributed by atoms with van der Waals surface area (Å²) in [5, 5.41) is 1.11. The predicted molar refractivity (Wildman–Crippen MR) is 84.7 cm³/mol. The van der Waals surface area contributed by atoms with E-state index in [9.17, 15) is 4.79 Å². The van der Waals surface area contributed by atoms with Crippen LogP contribution in [0.3, 0.4) is 0 Å². The molecule has 22 heavy (non-hydrogen) atoms. The minimum absolute atomic E-state index is 0.356. The number of carbonyl (C=O) groups is 1. The van der Waals surface area contributed by atoms with E-state index in [0.29, 0.717) is 5.56 Å². The Labute approximate surface area is 125 Å². The van der Waals surface area contributed by atoms with Crippen molar-refractivity contribution in [2.75, 3.05) is 7.11 Å². The minimum atomic E-state index is -0.356. The first-order valence-electron chi connectivity index (χ1n) is 6.91. The van der Waals surface area contributed by atoms with Crippen molar-refractivity contribution in [2.45, 2.75) is 0 Å². The number of fused-ring (bicyclic) bond motifs is 2. The number of para-hydroxylation sites is 1. The molecule has 2 heterocycles. The summed E-state index contributed by atoms with van der Waals surface area (Å²) >= 11 is 0. The SMILES string of the molecule is COC(=O)c1ccc2nc(-c3c[nH]c4ccccc34)[nH]c2c1. The number of hydrogen-bond donors (Lipinski definition) is 2. The molecule has 5 nitrogen and oxygen atoms in total. The summed E-state index contributed by atoms with van der Waals surface area (Å²) in [4.78, 5) is 22.7. The second-order valence-corrected chi connectivity index (χ2v) is 5.06. The van der Waals surface area contributed by atoms with Gasteiger partial charge in [-0.2, -0.15) is 0 Å². The first-order chi connectivity index (χ1) is 10.8. The number of imidazole rings is 1. The van der Waals surface area contributed by atoms with Gasteiger partial charge in [0.05, 0.1) is 23.7 Å². The van der Waals surface area contributed by atoms with Crippen LogP contribution in [0.1, 0.15) is 10.4 Å². The average molecular weight is 291 g/mol. The number of nitrogens with zero attached hydrogens (tertiary/aromatic N) is 1. The molecule has 2 aromatic heterocycles.